The van der Waals surface area contributed by atoms with Crippen LogP contribution < -0.4 is 4.74 Å². The molecular weight excluding hydrogens is 527 g/mol. The van der Waals surface area contributed by atoms with E-state index in [1.54, 1.807) is 30.5 Å². The second-order valence-electron chi connectivity index (χ2n) is 9.27. The van der Waals surface area contributed by atoms with Gasteiger partial charge in [-0.3, -0.25) is 9.78 Å². The van der Waals surface area contributed by atoms with Crippen molar-refractivity contribution in [3.63, 3.8) is 0 Å². The SMILES string of the molecule is COc1ccc2nccc(C(F)CC[C@@H]3CCN(CCSc4c(F)cc(F)c(F)c4F)C[C@@H]3C(=O)O)c2c1. The molecule has 1 unspecified atom stereocenters. The van der Waals surface area contributed by atoms with E-state index in [2.05, 4.69) is 4.98 Å². The van der Waals surface area contributed by atoms with E-state index < -0.39 is 46.2 Å². The molecule has 1 N–H and O–H groups in total. The molecular formula is C27H27F5N2O3S. The van der Waals surface area contributed by atoms with Gasteiger partial charge in [-0.25, -0.2) is 22.0 Å². The fourth-order valence-electron chi connectivity index (χ4n) is 4.92. The van der Waals surface area contributed by atoms with Gasteiger partial charge in [0.15, 0.2) is 17.5 Å². The molecule has 1 fully saturated rings. The first kappa shape index (κ1) is 28.1. The van der Waals surface area contributed by atoms with E-state index in [4.69, 9.17) is 4.74 Å². The number of benzene rings is 2. The van der Waals surface area contributed by atoms with E-state index in [1.165, 1.54) is 7.11 Å². The van der Waals surface area contributed by atoms with Crippen LogP contribution in [0.5, 0.6) is 5.75 Å². The molecule has 0 bridgehead atoms. The Morgan fingerprint density at radius 2 is 1.97 bits per heavy atom. The van der Waals surface area contributed by atoms with Gasteiger partial charge in [0, 0.05) is 36.5 Å². The number of thioether (sulfide) groups is 1. The molecule has 0 radical (unpaired) electrons. The number of carbonyl (C=O) groups is 1. The molecule has 1 aliphatic heterocycles. The monoisotopic (exact) mass is 554 g/mol. The highest BCUT2D eigenvalue weighted by molar-refractivity contribution is 7.99. The zero-order valence-electron chi connectivity index (χ0n) is 20.6. The fourth-order valence-corrected chi connectivity index (χ4v) is 5.88. The minimum Gasteiger partial charge on any atom is -0.497 e. The molecule has 2 heterocycles. The molecule has 3 aromatic rings. The van der Waals surface area contributed by atoms with Crippen LogP contribution in [0.25, 0.3) is 10.9 Å². The lowest BCUT2D eigenvalue weighted by Crippen LogP contribution is -2.44. The lowest BCUT2D eigenvalue weighted by atomic mass is 9.81. The molecule has 2 aromatic carbocycles. The number of aromatic nitrogens is 1. The number of pyridine rings is 1. The Labute approximate surface area is 221 Å². The lowest BCUT2D eigenvalue weighted by Gasteiger charge is -2.36. The van der Waals surface area contributed by atoms with Crippen molar-refractivity contribution in [1.29, 1.82) is 0 Å². The summed E-state index contributed by atoms with van der Waals surface area (Å²) in [5.74, 6) is -7.30. The fraction of sp³-hybridized carbons (Fsp3) is 0.407. The molecule has 4 rings (SSSR count). The Balaban J connectivity index is 1.34. The Morgan fingerprint density at radius 3 is 2.71 bits per heavy atom. The summed E-state index contributed by atoms with van der Waals surface area (Å²) in [5.41, 5.74) is 1.12. The smallest absolute Gasteiger partial charge is 0.308 e. The molecule has 1 aliphatic rings. The number of alkyl halides is 1. The van der Waals surface area contributed by atoms with E-state index in [-0.39, 0.29) is 24.6 Å². The summed E-state index contributed by atoms with van der Waals surface area (Å²) in [5, 5.41) is 10.5. The van der Waals surface area contributed by atoms with Crippen LogP contribution >= 0.6 is 11.8 Å². The zero-order valence-corrected chi connectivity index (χ0v) is 21.4. The molecule has 0 spiro atoms. The van der Waals surface area contributed by atoms with Gasteiger partial charge in [-0.05, 0) is 61.6 Å². The highest BCUT2D eigenvalue weighted by atomic mass is 32.2. The quantitative estimate of drug-likeness (QED) is 0.135. The molecule has 204 valence electrons. The van der Waals surface area contributed by atoms with E-state index in [0.717, 1.165) is 0 Å². The second-order valence-corrected chi connectivity index (χ2v) is 10.4. The van der Waals surface area contributed by atoms with Gasteiger partial charge in [-0.1, -0.05) is 0 Å². The van der Waals surface area contributed by atoms with Crippen molar-refractivity contribution < 1.29 is 36.6 Å². The average Bonchev–Trinajstić information content (AvgIpc) is 2.91. The number of carboxylic acids is 1. The average molecular weight is 555 g/mol. The zero-order chi connectivity index (χ0) is 27.4. The number of hydrogen-bond acceptors (Lipinski definition) is 5. The Morgan fingerprint density at radius 1 is 1.18 bits per heavy atom. The maximum Gasteiger partial charge on any atom is 0.308 e. The van der Waals surface area contributed by atoms with Crippen molar-refractivity contribution in [1.82, 2.24) is 9.88 Å². The summed E-state index contributed by atoms with van der Waals surface area (Å²) in [7, 11) is 1.53. The van der Waals surface area contributed by atoms with Gasteiger partial charge >= 0.3 is 5.97 Å². The molecule has 3 atom stereocenters. The first-order valence-corrected chi connectivity index (χ1v) is 13.2. The minimum atomic E-state index is -1.73. The Kier molecular flexibility index (Phi) is 9.09. The lowest BCUT2D eigenvalue weighted by molar-refractivity contribution is -0.146. The summed E-state index contributed by atoms with van der Waals surface area (Å²) in [4.78, 5) is 17.5. The summed E-state index contributed by atoms with van der Waals surface area (Å²) in [6.07, 6.45) is 1.28. The van der Waals surface area contributed by atoms with Gasteiger partial charge in [0.25, 0.3) is 0 Å². The summed E-state index contributed by atoms with van der Waals surface area (Å²) in [6.45, 7) is 1.04. The van der Waals surface area contributed by atoms with Gasteiger partial charge in [0.2, 0.25) is 0 Å². The third-order valence-electron chi connectivity index (χ3n) is 6.99. The van der Waals surface area contributed by atoms with Gasteiger partial charge < -0.3 is 14.7 Å². The minimum absolute atomic E-state index is 0.148. The van der Waals surface area contributed by atoms with Gasteiger partial charge in [0.1, 0.15) is 17.7 Å². The number of piperidine rings is 1. The third-order valence-corrected chi connectivity index (χ3v) is 8.04. The number of ether oxygens (including phenoxy) is 1. The molecule has 38 heavy (non-hydrogen) atoms. The van der Waals surface area contributed by atoms with Crippen molar-refractivity contribution in [2.75, 3.05) is 32.5 Å². The Bertz CT molecular complexity index is 1310. The number of aliphatic carboxylic acids is 1. The van der Waals surface area contributed by atoms with Crippen molar-refractivity contribution >= 4 is 28.6 Å². The molecule has 1 aromatic heterocycles. The van der Waals surface area contributed by atoms with Crippen molar-refractivity contribution in [3.8, 4) is 5.75 Å². The number of likely N-dealkylation sites (tertiary alicyclic amines) is 1. The predicted molar refractivity (Wildman–Crippen MR) is 134 cm³/mol. The summed E-state index contributed by atoms with van der Waals surface area (Å²) in [6, 6.07) is 7.17. The van der Waals surface area contributed by atoms with Crippen molar-refractivity contribution in [2.45, 2.75) is 30.3 Å². The molecule has 1 saturated heterocycles. The van der Waals surface area contributed by atoms with Crippen LogP contribution in [-0.4, -0.2) is 53.5 Å². The summed E-state index contributed by atoms with van der Waals surface area (Å²) < 4.78 is 75.0. The predicted octanol–water partition coefficient (Wildman–Crippen LogP) is 6.41. The van der Waals surface area contributed by atoms with Gasteiger partial charge in [-0.15, -0.1) is 11.8 Å². The molecule has 0 amide bonds. The van der Waals surface area contributed by atoms with Crippen LogP contribution in [0.2, 0.25) is 0 Å². The van der Waals surface area contributed by atoms with E-state index in [0.29, 0.717) is 66.0 Å². The van der Waals surface area contributed by atoms with Crippen LogP contribution in [0.15, 0.2) is 41.4 Å². The number of hydrogen-bond donors (Lipinski definition) is 1. The van der Waals surface area contributed by atoms with Crippen LogP contribution in [0.4, 0.5) is 22.0 Å². The maximum absolute atomic E-state index is 15.4. The van der Waals surface area contributed by atoms with Crippen LogP contribution in [0, 0.1) is 35.1 Å². The molecule has 0 aliphatic carbocycles. The molecule has 5 nitrogen and oxygen atoms in total. The highest BCUT2D eigenvalue weighted by Crippen LogP contribution is 2.36. The first-order valence-electron chi connectivity index (χ1n) is 12.2. The molecule has 11 heteroatoms. The van der Waals surface area contributed by atoms with Gasteiger partial charge in [0.05, 0.1) is 23.4 Å². The third kappa shape index (κ3) is 6.20. The largest absolute Gasteiger partial charge is 0.497 e. The van der Waals surface area contributed by atoms with Gasteiger partial charge in [-0.2, -0.15) is 0 Å². The number of halogens is 5. The Hall–Kier alpha value is -2.92. The number of carboxylic acid groups (broad SMARTS) is 1. The standard InChI is InChI=1S/C27H27F5N2O3S/c1-37-16-3-5-23-18(12-16)17(6-8-33-23)20(28)4-2-15-7-9-34(14-19(15)27(35)36)10-11-38-26-22(30)13-21(29)24(31)25(26)32/h3,5-6,8,12-13,15,19-20H,2,4,7,9-11,14H2,1H3,(H,35,36)/t15-,19+,20?/m1/s1. The van der Waals surface area contributed by atoms with Crippen LogP contribution in [0.1, 0.15) is 31.0 Å². The topological polar surface area (TPSA) is 62.7 Å². The van der Waals surface area contributed by atoms with Crippen LogP contribution in [0.3, 0.4) is 0 Å². The second kappa shape index (κ2) is 12.3. The van der Waals surface area contributed by atoms with E-state index >= 15 is 4.39 Å². The number of methoxy groups -OCH3 is 1. The van der Waals surface area contributed by atoms with E-state index in [9.17, 15) is 27.5 Å². The number of fused-ring (bicyclic) bond motifs is 1. The number of rotatable bonds is 10. The van der Waals surface area contributed by atoms with Crippen LogP contribution in [-0.2, 0) is 4.79 Å². The van der Waals surface area contributed by atoms with Crippen molar-refractivity contribution in [3.05, 3.63) is 65.4 Å². The highest BCUT2D eigenvalue weighted by Gasteiger charge is 2.34. The summed E-state index contributed by atoms with van der Waals surface area (Å²) >= 11 is 0.706. The number of nitrogens with zero attached hydrogens (tertiary/aromatic N) is 2. The normalized spacial score (nSPS) is 19.0. The first-order chi connectivity index (χ1) is 18.2. The molecule has 0 saturated carbocycles. The van der Waals surface area contributed by atoms with E-state index in [1.807, 2.05) is 4.90 Å². The van der Waals surface area contributed by atoms with Crippen molar-refractivity contribution in [2.24, 2.45) is 11.8 Å². The maximum atomic E-state index is 15.4.